The number of sulfonamides is 1. The average molecular weight is 634 g/mol. The van der Waals surface area contributed by atoms with Crippen LogP contribution in [0.2, 0.25) is 5.02 Å². The van der Waals surface area contributed by atoms with Gasteiger partial charge in [0.15, 0.2) is 0 Å². The second kappa shape index (κ2) is 14.9. The molecule has 0 spiro atoms. The van der Waals surface area contributed by atoms with Gasteiger partial charge in [-0.2, -0.15) is 0 Å². The van der Waals surface area contributed by atoms with E-state index < -0.39 is 28.5 Å². The van der Waals surface area contributed by atoms with Crippen LogP contribution in [0.3, 0.4) is 0 Å². The molecule has 0 saturated heterocycles. The van der Waals surface area contributed by atoms with Crippen molar-refractivity contribution in [2.24, 2.45) is 0 Å². The van der Waals surface area contributed by atoms with E-state index in [2.05, 4.69) is 5.32 Å². The van der Waals surface area contributed by atoms with Crippen LogP contribution >= 0.6 is 11.6 Å². The van der Waals surface area contributed by atoms with Crippen molar-refractivity contribution in [1.82, 2.24) is 10.2 Å². The summed E-state index contributed by atoms with van der Waals surface area (Å²) in [5, 5.41) is 3.35. The topological polar surface area (TPSA) is 96.0 Å². The van der Waals surface area contributed by atoms with Crippen molar-refractivity contribution in [2.75, 3.05) is 10.8 Å². The Hall–Kier alpha value is -4.34. The largest absolute Gasteiger partial charge is 0.457 e. The van der Waals surface area contributed by atoms with E-state index in [4.69, 9.17) is 16.3 Å². The Morgan fingerprint density at radius 3 is 2.00 bits per heavy atom. The number of carbonyl (C=O) groups excluding carboxylic acids is 2. The van der Waals surface area contributed by atoms with Gasteiger partial charge in [0, 0.05) is 17.6 Å². The van der Waals surface area contributed by atoms with Crippen molar-refractivity contribution in [3.63, 3.8) is 0 Å². The quantitative estimate of drug-likeness (QED) is 0.178. The van der Waals surface area contributed by atoms with Crippen LogP contribution in [0, 0.1) is 0 Å². The van der Waals surface area contributed by atoms with Gasteiger partial charge < -0.3 is 15.0 Å². The van der Waals surface area contributed by atoms with Gasteiger partial charge >= 0.3 is 0 Å². The van der Waals surface area contributed by atoms with E-state index in [1.54, 1.807) is 73.7 Å². The molecule has 0 saturated carbocycles. The molecule has 2 atom stereocenters. The number of halogens is 1. The first-order chi connectivity index (χ1) is 21.1. The number of amides is 2. The normalized spacial score (nSPS) is 12.5. The van der Waals surface area contributed by atoms with Gasteiger partial charge in [-0.25, -0.2) is 8.42 Å². The lowest BCUT2D eigenvalue weighted by molar-refractivity contribution is -0.139. The number of para-hydroxylation sites is 1. The first-order valence-electron chi connectivity index (χ1n) is 14.3. The molecule has 1 N–H and O–H groups in total. The number of carbonyl (C=O) groups is 2. The maximum atomic E-state index is 14.1. The van der Waals surface area contributed by atoms with Crippen molar-refractivity contribution in [3.8, 4) is 11.5 Å². The van der Waals surface area contributed by atoms with Crippen molar-refractivity contribution in [2.45, 2.75) is 50.7 Å². The maximum absolute atomic E-state index is 14.1. The van der Waals surface area contributed by atoms with Gasteiger partial charge in [0.2, 0.25) is 11.8 Å². The van der Waals surface area contributed by atoms with E-state index in [9.17, 15) is 18.0 Å². The number of rotatable bonds is 13. The zero-order valence-electron chi connectivity index (χ0n) is 24.9. The molecule has 2 amide bonds. The summed E-state index contributed by atoms with van der Waals surface area (Å²) in [6, 6.07) is 29.6. The Morgan fingerprint density at radius 2 is 1.39 bits per heavy atom. The Kier molecular flexibility index (Phi) is 11.0. The third-order valence-electron chi connectivity index (χ3n) is 7.18. The molecule has 44 heavy (non-hydrogen) atoms. The summed E-state index contributed by atoms with van der Waals surface area (Å²) in [5.41, 5.74) is 0.891. The van der Waals surface area contributed by atoms with Crippen molar-refractivity contribution >= 4 is 39.1 Å². The second-order valence-electron chi connectivity index (χ2n) is 10.3. The summed E-state index contributed by atoms with van der Waals surface area (Å²) in [5.74, 6) is 0.212. The van der Waals surface area contributed by atoms with Crippen molar-refractivity contribution in [1.29, 1.82) is 0 Å². The molecule has 4 rings (SSSR count). The van der Waals surface area contributed by atoms with Gasteiger partial charge in [0.05, 0.1) is 10.6 Å². The third-order valence-corrected chi connectivity index (χ3v) is 9.34. The summed E-state index contributed by atoms with van der Waals surface area (Å²) in [7, 11) is -4.19. The summed E-state index contributed by atoms with van der Waals surface area (Å²) in [6.07, 6.45) is 0.712. The molecule has 0 aromatic heterocycles. The molecule has 0 bridgehead atoms. The minimum absolute atomic E-state index is 0.0106. The summed E-state index contributed by atoms with van der Waals surface area (Å²) < 4.78 is 34.9. The first-order valence-corrected chi connectivity index (χ1v) is 16.2. The third kappa shape index (κ3) is 8.18. The van der Waals surface area contributed by atoms with Gasteiger partial charge in [-0.05, 0) is 80.4 Å². The van der Waals surface area contributed by atoms with E-state index in [0.717, 1.165) is 4.31 Å². The number of hydrogen-bond donors (Lipinski definition) is 1. The van der Waals surface area contributed by atoms with E-state index in [1.165, 1.54) is 17.0 Å². The molecule has 8 nitrogen and oxygen atoms in total. The number of anilines is 1. The number of ether oxygens (including phenoxy) is 1. The van der Waals surface area contributed by atoms with Gasteiger partial charge in [-0.1, -0.05) is 73.1 Å². The number of nitrogens with one attached hydrogen (secondary N) is 1. The van der Waals surface area contributed by atoms with Crippen LogP contribution in [0.25, 0.3) is 0 Å². The number of nitrogens with zero attached hydrogens (tertiary/aromatic N) is 2. The average Bonchev–Trinajstić information content (AvgIpc) is 3.04. The van der Waals surface area contributed by atoms with Gasteiger partial charge in [0.1, 0.15) is 24.1 Å². The predicted octanol–water partition coefficient (Wildman–Crippen LogP) is 6.66. The lowest BCUT2D eigenvalue weighted by Gasteiger charge is -2.32. The van der Waals surface area contributed by atoms with Crippen molar-refractivity contribution < 1.29 is 22.7 Å². The standard InChI is InChI=1S/C34H36ClN3O5S/c1-4-25(2)36-34(40)26(3)37(23-27-13-11-12-18-32(27)35)33(39)24-38(44(41,42)31-16-9-6-10-17-31)28-19-21-30(22-20-28)43-29-14-7-5-8-15-29/h5-22,25-26H,4,23-24H2,1-3H3,(H,36,40)/t25-,26+/m1/s1. The fourth-order valence-corrected chi connectivity index (χ4v) is 6.04. The summed E-state index contributed by atoms with van der Waals surface area (Å²) in [4.78, 5) is 28.7. The lowest BCUT2D eigenvalue weighted by atomic mass is 10.1. The van der Waals surface area contributed by atoms with Crippen LogP contribution in [-0.4, -0.2) is 43.8 Å². The zero-order chi connectivity index (χ0) is 31.7. The molecule has 4 aromatic rings. The van der Waals surface area contributed by atoms with Gasteiger partial charge in [0.25, 0.3) is 10.0 Å². The highest BCUT2D eigenvalue weighted by molar-refractivity contribution is 7.92. The van der Waals surface area contributed by atoms with Crippen LogP contribution in [0.15, 0.2) is 114 Å². The Balaban J connectivity index is 1.70. The molecule has 0 heterocycles. The minimum Gasteiger partial charge on any atom is -0.457 e. The number of benzene rings is 4. The van der Waals surface area contributed by atoms with Gasteiger partial charge in [-0.15, -0.1) is 0 Å². The highest BCUT2D eigenvalue weighted by atomic mass is 35.5. The predicted molar refractivity (Wildman–Crippen MR) is 173 cm³/mol. The van der Waals surface area contributed by atoms with Crippen LogP contribution in [-0.2, 0) is 26.2 Å². The summed E-state index contributed by atoms with van der Waals surface area (Å²) in [6.45, 7) is 4.91. The monoisotopic (exact) mass is 633 g/mol. The van der Waals surface area contributed by atoms with Gasteiger partial charge in [-0.3, -0.25) is 13.9 Å². The molecule has 0 fully saturated rings. The SMILES string of the molecule is CC[C@@H](C)NC(=O)[C@H](C)N(Cc1ccccc1Cl)C(=O)CN(c1ccc(Oc2ccccc2)cc1)S(=O)(=O)c1ccccc1. The Bertz CT molecular complexity index is 1650. The van der Waals surface area contributed by atoms with Crippen LogP contribution in [0.4, 0.5) is 5.69 Å². The highest BCUT2D eigenvalue weighted by Crippen LogP contribution is 2.29. The lowest BCUT2D eigenvalue weighted by Crippen LogP contribution is -2.52. The first kappa shape index (κ1) is 32.6. The smallest absolute Gasteiger partial charge is 0.264 e. The molecule has 230 valence electrons. The molecular weight excluding hydrogens is 598 g/mol. The molecule has 0 aliphatic carbocycles. The molecule has 10 heteroatoms. The molecule has 0 aliphatic heterocycles. The molecule has 0 aliphatic rings. The van der Waals surface area contributed by atoms with E-state index in [-0.39, 0.29) is 29.1 Å². The molecule has 0 radical (unpaired) electrons. The number of hydrogen-bond acceptors (Lipinski definition) is 5. The fraction of sp³-hybridized carbons (Fsp3) is 0.235. The van der Waals surface area contributed by atoms with E-state index in [0.29, 0.717) is 28.5 Å². The molecule has 4 aromatic carbocycles. The maximum Gasteiger partial charge on any atom is 0.264 e. The Labute approximate surface area is 264 Å². The minimum atomic E-state index is -4.19. The zero-order valence-corrected chi connectivity index (χ0v) is 26.5. The molecule has 0 unspecified atom stereocenters. The van der Waals surface area contributed by atoms with Crippen LogP contribution in [0.5, 0.6) is 11.5 Å². The van der Waals surface area contributed by atoms with Crippen LogP contribution < -0.4 is 14.4 Å². The van der Waals surface area contributed by atoms with E-state index >= 15 is 0 Å². The van der Waals surface area contributed by atoms with Crippen LogP contribution in [0.1, 0.15) is 32.8 Å². The fourth-order valence-electron chi connectivity index (χ4n) is 4.41. The van der Waals surface area contributed by atoms with Crippen molar-refractivity contribution in [3.05, 3.63) is 120 Å². The molecular formula is C34H36ClN3O5S. The second-order valence-corrected chi connectivity index (χ2v) is 12.6. The van der Waals surface area contributed by atoms with E-state index in [1.807, 2.05) is 44.2 Å². The summed E-state index contributed by atoms with van der Waals surface area (Å²) >= 11 is 6.43. The Morgan fingerprint density at radius 1 is 0.818 bits per heavy atom. The highest BCUT2D eigenvalue weighted by Gasteiger charge is 2.33.